The van der Waals surface area contributed by atoms with Crippen LogP contribution in [0.4, 0.5) is 0 Å². The number of ether oxygens (including phenoxy) is 1. The minimum atomic E-state index is -3.67. The predicted molar refractivity (Wildman–Crippen MR) is 95.2 cm³/mol. The molecule has 0 unspecified atom stereocenters. The summed E-state index contributed by atoms with van der Waals surface area (Å²) in [5, 5.41) is 3.28. The molecular formula is C16H25ClN2O4S. The average molecular weight is 377 g/mol. The summed E-state index contributed by atoms with van der Waals surface area (Å²) < 4.78 is 32.6. The highest BCUT2D eigenvalue weighted by Crippen LogP contribution is 2.27. The summed E-state index contributed by atoms with van der Waals surface area (Å²) in [5.41, 5.74) is 0.777. The number of nitrogens with one attached hydrogen (secondary N) is 2. The number of halogens is 1. The largest absolute Gasteiger partial charge is 0.465 e. The lowest BCUT2D eigenvalue weighted by Gasteiger charge is -2.34. The van der Waals surface area contributed by atoms with Crippen LogP contribution >= 0.6 is 12.4 Å². The van der Waals surface area contributed by atoms with Gasteiger partial charge in [0.2, 0.25) is 10.0 Å². The van der Waals surface area contributed by atoms with Crippen LogP contribution in [-0.4, -0.2) is 41.1 Å². The Balaban J connectivity index is 0.00000288. The second-order valence-electron chi connectivity index (χ2n) is 6.36. The summed E-state index contributed by atoms with van der Waals surface area (Å²) in [6.07, 6.45) is 1.85. The molecule has 2 N–H and O–H groups in total. The Morgan fingerprint density at radius 1 is 1.33 bits per heavy atom. The molecular weight excluding hydrogens is 352 g/mol. The van der Waals surface area contributed by atoms with Gasteiger partial charge >= 0.3 is 5.97 Å². The van der Waals surface area contributed by atoms with Gasteiger partial charge in [0.05, 0.1) is 17.6 Å². The Morgan fingerprint density at radius 3 is 2.54 bits per heavy atom. The maximum Gasteiger partial charge on any atom is 0.337 e. The van der Waals surface area contributed by atoms with E-state index in [1.807, 2.05) is 0 Å². The first kappa shape index (κ1) is 20.9. The normalized spacial score (nSPS) is 17.0. The third-order valence-electron chi connectivity index (χ3n) is 4.40. The fourth-order valence-corrected chi connectivity index (χ4v) is 4.16. The molecule has 0 aromatic heterocycles. The quantitative estimate of drug-likeness (QED) is 0.766. The van der Waals surface area contributed by atoms with Crippen molar-refractivity contribution in [3.63, 3.8) is 0 Å². The van der Waals surface area contributed by atoms with Crippen LogP contribution in [0.25, 0.3) is 0 Å². The number of aryl methyl sites for hydroxylation is 1. The maximum atomic E-state index is 12.6. The van der Waals surface area contributed by atoms with E-state index in [0.717, 1.165) is 25.9 Å². The summed E-state index contributed by atoms with van der Waals surface area (Å²) in [5.74, 6) is -0.549. The molecule has 0 spiro atoms. The first-order valence-electron chi connectivity index (χ1n) is 7.67. The predicted octanol–water partition coefficient (Wildman–Crippen LogP) is 1.87. The lowest BCUT2D eigenvalue weighted by atomic mass is 9.81. The number of rotatable bonds is 5. The second kappa shape index (κ2) is 8.29. The monoisotopic (exact) mass is 376 g/mol. The van der Waals surface area contributed by atoms with Gasteiger partial charge in [-0.05, 0) is 56.0 Å². The lowest BCUT2D eigenvalue weighted by Crippen LogP contribution is -2.43. The Kier molecular flexibility index (Phi) is 7.22. The fourth-order valence-electron chi connectivity index (χ4n) is 2.69. The van der Waals surface area contributed by atoms with Gasteiger partial charge in [0.15, 0.2) is 0 Å². The summed E-state index contributed by atoms with van der Waals surface area (Å²) in [6.45, 7) is 5.99. The van der Waals surface area contributed by atoms with Crippen molar-refractivity contribution in [1.29, 1.82) is 0 Å². The van der Waals surface area contributed by atoms with E-state index in [1.165, 1.54) is 13.2 Å². The van der Waals surface area contributed by atoms with Crippen molar-refractivity contribution in [3.8, 4) is 0 Å². The molecule has 1 aromatic carbocycles. The highest BCUT2D eigenvalue weighted by molar-refractivity contribution is 7.89. The first-order valence-corrected chi connectivity index (χ1v) is 9.15. The summed E-state index contributed by atoms with van der Waals surface area (Å²) in [6, 6.07) is 4.55. The Labute approximate surface area is 149 Å². The molecule has 0 aliphatic carbocycles. The van der Waals surface area contributed by atoms with Crippen LogP contribution in [0.1, 0.15) is 35.7 Å². The Bertz CT molecular complexity index is 685. The summed E-state index contributed by atoms with van der Waals surface area (Å²) >= 11 is 0. The van der Waals surface area contributed by atoms with E-state index in [9.17, 15) is 13.2 Å². The number of esters is 1. The molecule has 1 aliphatic heterocycles. The number of sulfonamides is 1. The number of carbonyl (C=O) groups is 1. The maximum absolute atomic E-state index is 12.6. The molecule has 1 aromatic rings. The van der Waals surface area contributed by atoms with Crippen molar-refractivity contribution in [2.45, 2.75) is 31.6 Å². The van der Waals surface area contributed by atoms with Crippen molar-refractivity contribution in [1.82, 2.24) is 10.0 Å². The molecule has 1 saturated heterocycles. The van der Waals surface area contributed by atoms with Gasteiger partial charge in [0, 0.05) is 6.54 Å². The molecule has 2 rings (SSSR count). The van der Waals surface area contributed by atoms with Gasteiger partial charge in [0.1, 0.15) is 0 Å². The highest BCUT2D eigenvalue weighted by atomic mass is 35.5. The van der Waals surface area contributed by atoms with E-state index < -0.39 is 16.0 Å². The molecule has 0 bridgehead atoms. The minimum absolute atomic E-state index is 0. The number of piperidine rings is 1. The standard InChI is InChI=1S/C16H24N2O4S.ClH/c1-12-4-5-13(15(19)22-3)10-14(12)23(20,21)18-11-16(2)6-8-17-9-7-16;/h4-5,10,17-18H,6-9,11H2,1-3H3;1H. The third-order valence-corrected chi connectivity index (χ3v) is 5.94. The zero-order valence-corrected chi connectivity index (χ0v) is 15.9. The van der Waals surface area contributed by atoms with E-state index in [0.29, 0.717) is 12.1 Å². The Morgan fingerprint density at radius 2 is 1.96 bits per heavy atom. The highest BCUT2D eigenvalue weighted by Gasteiger charge is 2.29. The van der Waals surface area contributed by atoms with E-state index in [1.54, 1.807) is 19.1 Å². The average Bonchev–Trinajstić information content (AvgIpc) is 2.53. The van der Waals surface area contributed by atoms with Crippen molar-refractivity contribution in [3.05, 3.63) is 29.3 Å². The molecule has 1 aliphatic rings. The molecule has 0 amide bonds. The van der Waals surface area contributed by atoms with Gasteiger partial charge in [0.25, 0.3) is 0 Å². The van der Waals surface area contributed by atoms with Gasteiger partial charge in [-0.2, -0.15) is 0 Å². The minimum Gasteiger partial charge on any atom is -0.465 e. The smallest absolute Gasteiger partial charge is 0.337 e. The van der Waals surface area contributed by atoms with Gasteiger partial charge in [-0.1, -0.05) is 13.0 Å². The fraction of sp³-hybridized carbons (Fsp3) is 0.562. The number of benzene rings is 1. The molecule has 0 atom stereocenters. The molecule has 24 heavy (non-hydrogen) atoms. The topological polar surface area (TPSA) is 84.5 Å². The van der Waals surface area contributed by atoms with Crippen LogP contribution in [0.5, 0.6) is 0 Å². The SMILES string of the molecule is COC(=O)c1ccc(C)c(S(=O)(=O)NCC2(C)CCNCC2)c1.Cl. The molecule has 0 radical (unpaired) electrons. The zero-order valence-electron chi connectivity index (χ0n) is 14.2. The zero-order chi connectivity index (χ0) is 17.1. The van der Waals surface area contributed by atoms with E-state index in [4.69, 9.17) is 0 Å². The molecule has 136 valence electrons. The second-order valence-corrected chi connectivity index (χ2v) is 8.09. The van der Waals surface area contributed by atoms with Gasteiger partial charge in [-0.15, -0.1) is 12.4 Å². The van der Waals surface area contributed by atoms with Crippen LogP contribution in [0, 0.1) is 12.3 Å². The lowest BCUT2D eigenvalue weighted by molar-refractivity contribution is 0.0600. The van der Waals surface area contributed by atoms with Gasteiger partial charge in [-0.25, -0.2) is 17.9 Å². The van der Waals surface area contributed by atoms with Crippen LogP contribution in [0.2, 0.25) is 0 Å². The van der Waals surface area contributed by atoms with Crippen LogP contribution in [0.15, 0.2) is 23.1 Å². The van der Waals surface area contributed by atoms with E-state index >= 15 is 0 Å². The van der Waals surface area contributed by atoms with Crippen molar-refractivity contribution >= 4 is 28.4 Å². The van der Waals surface area contributed by atoms with Crippen molar-refractivity contribution in [2.24, 2.45) is 5.41 Å². The number of hydrogen-bond donors (Lipinski definition) is 2. The first-order chi connectivity index (χ1) is 10.8. The van der Waals surface area contributed by atoms with E-state index in [-0.39, 0.29) is 28.3 Å². The van der Waals surface area contributed by atoms with Crippen LogP contribution in [0.3, 0.4) is 0 Å². The molecule has 8 heteroatoms. The summed E-state index contributed by atoms with van der Waals surface area (Å²) in [7, 11) is -2.40. The number of carbonyl (C=O) groups excluding carboxylic acids is 1. The van der Waals surface area contributed by atoms with Crippen molar-refractivity contribution < 1.29 is 17.9 Å². The third kappa shape index (κ3) is 4.92. The van der Waals surface area contributed by atoms with Crippen LogP contribution < -0.4 is 10.0 Å². The molecule has 6 nitrogen and oxygen atoms in total. The van der Waals surface area contributed by atoms with Gasteiger partial charge < -0.3 is 10.1 Å². The summed E-state index contributed by atoms with van der Waals surface area (Å²) in [4.78, 5) is 11.7. The number of hydrogen-bond acceptors (Lipinski definition) is 5. The van der Waals surface area contributed by atoms with Crippen molar-refractivity contribution in [2.75, 3.05) is 26.7 Å². The van der Waals surface area contributed by atoms with Crippen LogP contribution in [-0.2, 0) is 14.8 Å². The van der Waals surface area contributed by atoms with E-state index in [2.05, 4.69) is 21.7 Å². The van der Waals surface area contributed by atoms with Gasteiger partial charge in [-0.3, -0.25) is 0 Å². The Hall–Kier alpha value is -1.15. The molecule has 1 heterocycles. The number of methoxy groups -OCH3 is 1. The molecule has 1 fully saturated rings. The molecule has 0 saturated carbocycles.